The number of aliphatic hydroxyl groups excluding tert-OH is 2. The largest absolute Gasteiger partial charge is 0.390 e. The number of hydrogen-bond donors (Lipinski definition) is 3. The first-order chi connectivity index (χ1) is 16.3. The maximum absolute atomic E-state index is 14.0. The lowest BCUT2D eigenvalue weighted by molar-refractivity contribution is -0.200. The smallest absolute Gasteiger partial charge is 0.252 e. The van der Waals surface area contributed by atoms with Crippen LogP contribution in [0.3, 0.4) is 0 Å². The molecule has 2 aromatic carbocycles. The van der Waals surface area contributed by atoms with Gasteiger partial charge >= 0.3 is 0 Å². The maximum atomic E-state index is 14.0. The van der Waals surface area contributed by atoms with E-state index in [2.05, 4.69) is 5.32 Å². The van der Waals surface area contributed by atoms with E-state index in [0.717, 1.165) is 18.9 Å². The van der Waals surface area contributed by atoms with Crippen molar-refractivity contribution in [2.45, 2.75) is 62.8 Å². The highest BCUT2D eigenvalue weighted by molar-refractivity contribution is 5.85. The fraction of sp³-hybridized carbons (Fsp3) is 0.480. The number of ether oxygens (including phenoxy) is 2. The lowest BCUT2D eigenvalue weighted by Gasteiger charge is -2.44. The van der Waals surface area contributed by atoms with Gasteiger partial charge in [-0.05, 0) is 42.5 Å². The van der Waals surface area contributed by atoms with Crippen LogP contribution in [-0.2, 0) is 27.5 Å². The summed E-state index contributed by atoms with van der Waals surface area (Å²) < 4.78 is 52.6. The fourth-order valence-corrected chi connectivity index (χ4v) is 4.14. The lowest BCUT2D eigenvalue weighted by Crippen LogP contribution is -2.60. The predicted molar refractivity (Wildman–Crippen MR) is 116 cm³/mol. The second-order valence-corrected chi connectivity index (χ2v) is 9.09. The number of carbonyl (C=O) groups excluding carboxylic acids is 1. The Hall–Kier alpha value is -2.46. The van der Waals surface area contributed by atoms with Crippen molar-refractivity contribution in [3.8, 4) is 0 Å². The SMILES string of the molecule is O=C(NCC1CC1)[C@@]1(OCc2ccc(F)cc2)CC(OCc2cccc(F)c2F)[C@H](O)[C@H](O)C1. The Kier molecular flexibility index (Phi) is 7.57. The van der Waals surface area contributed by atoms with Crippen LogP contribution in [0.4, 0.5) is 13.2 Å². The highest BCUT2D eigenvalue weighted by Gasteiger charge is 2.51. The Morgan fingerprint density at radius 1 is 1.03 bits per heavy atom. The average molecular weight is 479 g/mol. The van der Waals surface area contributed by atoms with E-state index in [0.29, 0.717) is 18.0 Å². The lowest BCUT2D eigenvalue weighted by atomic mass is 9.78. The average Bonchev–Trinajstić information content (AvgIpc) is 3.65. The highest BCUT2D eigenvalue weighted by atomic mass is 19.2. The van der Waals surface area contributed by atoms with E-state index < -0.39 is 47.3 Å². The van der Waals surface area contributed by atoms with Crippen molar-refractivity contribution >= 4 is 5.91 Å². The van der Waals surface area contributed by atoms with Crippen molar-refractivity contribution < 1.29 is 37.7 Å². The molecule has 2 saturated carbocycles. The molecule has 0 spiro atoms. The fourth-order valence-electron chi connectivity index (χ4n) is 4.14. The summed E-state index contributed by atoms with van der Waals surface area (Å²) in [7, 11) is 0. The number of rotatable bonds is 9. The zero-order chi connectivity index (χ0) is 24.3. The molecule has 0 heterocycles. The molecule has 4 rings (SSSR count). The number of amides is 1. The molecule has 0 aromatic heterocycles. The van der Waals surface area contributed by atoms with Gasteiger partial charge in [0.25, 0.3) is 5.91 Å². The van der Waals surface area contributed by atoms with Crippen molar-refractivity contribution in [3.05, 3.63) is 71.0 Å². The van der Waals surface area contributed by atoms with Gasteiger partial charge in [-0.2, -0.15) is 0 Å². The topological polar surface area (TPSA) is 88.0 Å². The Morgan fingerprint density at radius 2 is 1.76 bits per heavy atom. The van der Waals surface area contributed by atoms with E-state index in [1.165, 1.54) is 36.4 Å². The molecule has 2 aliphatic carbocycles. The van der Waals surface area contributed by atoms with Gasteiger partial charge in [-0.15, -0.1) is 0 Å². The van der Waals surface area contributed by atoms with Crippen LogP contribution >= 0.6 is 0 Å². The van der Waals surface area contributed by atoms with Crippen molar-refractivity contribution in [3.63, 3.8) is 0 Å². The van der Waals surface area contributed by atoms with E-state index in [1.807, 2.05) is 0 Å². The van der Waals surface area contributed by atoms with E-state index in [4.69, 9.17) is 9.47 Å². The van der Waals surface area contributed by atoms with Crippen molar-refractivity contribution in [1.82, 2.24) is 5.32 Å². The molecule has 34 heavy (non-hydrogen) atoms. The molecule has 2 fully saturated rings. The number of nitrogens with one attached hydrogen (secondary N) is 1. The van der Waals surface area contributed by atoms with Crippen LogP contribution in [0, 0.1) is 23.4 Å². The molecule has 0 saturated heterocycles. The number of hydrogen-bond acceptors (Lipinski definition) is 5. The van der Waals surface area contributed by atoms with E-state index >= 15 is 0 Å². The third kappa shape index (κ3) is 5.78. The van der Waals surface area contributed by atoms with Crippen LogP contribution in [0.2, 0.25) is 0 Å². The molecule has 1 unspecified atom stereocenters. The molecular weight excluding hydrogens is 451 g/mol. The van der Waals surface area contributed by atoms with E-state index in [-0.39, 0.29) is 31.6 Å². The summed E-state index contributed by atoms with van der Waals surface area (Å²) in [6, 6.07) is 9.28. The van der Waals surface area contributed by atoms with Gasteiger partial charge in [-0.1, -0.05) is 24.3 Å². The quantitative estimate of drug-likeness (QED) is 0.515. The van der Waals surface area contributed by atoms with Gasteiger partial charge in [0.05, 0.1) is 25.4 Å². The van der Waals surface area contributed by atoms with Crippen molar-refractivity contribution in [2.75, 3.05) is 6.54 Å². The normalized spacial score (nSPS) is 26.9. The summed E-state index contributed by atoms with van der Waals surface area (Å²) in [5.74, 6) is -2.54. The summed E-state index contributed by atoms with van der Waals surface area (Å²) in [5, 5.41) is 24.0. The molecule has 9 heteroatoms. The Labute approximate surface area is 195 Å². The van der Waals surface area contributed by atoms with Gasteiger partial charge in [-0.3, -0.25) is 4.79 Å². The predicted octanol–water partition coefficient (Wildman–Crippen LogP) is 2.99. The maximum Gasteiger partial charge on any atom is 0.252 e. The monoisotopic (exact) mass is 479 g/mol. The van der Waals surface area contributed by atoms with Crippen molar-refractivity contribution in [1.29, 1.82) is 0 Å². The number of aliphatic hydroxyl groups is 2. The zero-order valence-corrected chi connectivity index (χ0v) is 18.6. The minimum absolute atomic E-state index is 0.0365. The second kappa shape index (κ2) is 10.4. The minimum atomic E-state index is -1.53. The molecule has 2 aliphatic rings. The van der Waals surface area contributed by atoms with Gasteiger partial charge in [0.15, 0.2) is 17.2 Å². The van der Waals surface area contributed by atoms with E-state index in [1.54, 1.807) is 0 Å². The van der Waals surface area contributed by atoms with Crippen molar-refractivity contribution in [2.24, 2.45) is 5.92 Å². The second-order valence-electron chi connectivity index (χ2n) is 9.09. The molecule has 0 radical (unpaired) electrons. The molecule has 2 aromatic rings. The Balaban J connectivity index is 1.52. The van der Waals surface area contributed by atoms with Crippen LogP contribution < -0.4 is 5.32 Å². The van der Waals surface area contributed by atoms with E-state index in [9.17, 15) is 28.2 Å². The molecule has 4 atom stereocenters. The first-order valence-electron chi connectivity index (χ1n) is 11.3. The summed E-state index contributed by atoms with van der Waals surface area (Å²) in [6.07, 6.45) is -2.02. The zero-order valence-electron chi connectivity index (χ0n) is 18.6. The Bertz CT molecular complexity index is 1000. The van der Waals surface area contributed by atoms with Gasteiger partial charge < -0.3 is 25.0 Å². The molecule has 3 N–H and O–H groups in total. The van der Waals surface area contributed by atoms with Gasteiger partial charge in [0.1, 0.15) is 11.9 Å². The first-order valence-corrected chi connectivity index (χ1v) is 11.3. The third-order valence-electron chi connectivity index (χ3n) is 6.42. The Morgan fingerprint density at radius 3 is 2.47 bits per heavy atom. The molecule has 1 amide bonds. The van der Waals surface area contributed by atoms with Crippen LogP contribution in [0.25, 0.3) is 0 Å². The van der Waals surface area contributed by atoms with Gasteiger partial charge in [-0.25, -0.2) is 13.2 Å². The standard InChI is InChI=1S/C25H28F3NO5/c26-18-8-6-16(7-9-18)13-34-25(24(32)29-12-15-4-5-15)10-20(30)23(31)21(11-25)33-14-17-2-1-3-19(27)22(17)28/h1-3,6-9,15,20-21,23,30-31H,4-5,10-14H2,(H,29,32)/t20-,21?,23-,25+/m1/s1. The minimum Gasteiger partial charge on any atom is -0.390 e. The molecule has 6 nitrogen and oxygen atoms in total. The molecular formula is C25H28F3NO5. The summed E-state index contributed by atoms with van der Waals surface area (Å²) in [4.78, 5) is 13.2. The summed E-state index contributed by atoms with van der Waals surface area (Å²) in [5.41, 5.74) is -0.966. The van der Waals surface area contributed by atoms with Gasteiger partial charge in [0, 0.05) is 24.9 Å². The third-order valence-corrected chi connectivity index (χ3v) is 6.42. The molecule has 184 valence electrons. The molecule has 0 bridgehead atoms. The number of carbonyl (C=O) groups is 1. The van der Waals surface area contributed by atoms with Crippen LogP contribution in [0.1, 0.15) is 36.8 Å². The van der Waals surface area contributed by atoms with Gasteiger partial charge in [0.2, 0.25) is 0 Å². The van der Waals surface area contributed by atoms with Crippen LogP contribution in [0.5, 0.6) is 0 Å². The highest BCUT2D eigenvalue weighted by Crippen LogP contribution is 2.36. The molecule has 0 aliphatic heterocycles. The summed E-state index contributed by atoms with van der Waals surface area (Å²) >= 11 is 0. The number of benzene rings is 2. The number of halogens is 3. The summed E-state index contributed by atoms with van der Waals surface area (Å²) in [6.45, 7) is 0.0696. The van der Waals surface area contributed by atoms with Crippen LogP contribution in [-0.4, -0.2) is 46.6 Å². The first kappa shape index (κ1) is 24.7. The van der Waals surface area contributed by atoms with Crippen LogP contribution in [0.15, 0.2) is 42.5 Å².